The number of alkyl halides is 1. The van der Waals surface area contributed by atoms with Gasteiger partial charge >= 0.3 is 0 Å². The zero-order valence-electron chi connectivity index (χ0n) is 19.3. The number of nitro benzene ring substituents is 1. The molecule has 0 aliphatic carbocycles. The third kappa shape index (κ3) is 7.60. The third-order valence-electron chi connectivity index (χ3n) is 5.36. The molecule has 0 radical (unpaired) electrons. The zero-order chi connectivity index (χ0) is 25.7. The molecule has 0 saturated carbocycles. The number of benzene rings is 1. The van der Waals surface area contributed by atoms with Crippen LogP contribution in [0.4, 0.5) is 11.4 Å². The smallest absolute Gasteiger partial charge is 0.283 e. The molecule has 0 aromatic heterocycles. The number of likely N-dealkylation sites (N-methyl/N-ethyl adjacent to an activating group) is 1. The minimum atomic E-state index is -3.94. The minimum absolute atomic E-state index is 0.0260. The van der Waals surface area contributed by atoms with Gasteiger partial charge in [-0.05, 0) is 12.6 Å². The van der Waals surface area contributed by atoms with E-state index < -0.39 is 36.5 Å². The van der Waals surface area contributed by atoms with Crippen LogP contribution in [0, 0.1) is 10.1 Å². The average Bonchev–Trinajstić information content (AvgIpc) is 2.75. The maximum atomic E-state index is 13.3. The van der Waals surface area contributed by atoms with E-state index in [9.17, 15) is 31.7 Å². The second-order valence-electron chi connectivity index (χ2n) is 7.79. The fraction of sp³-hybridized carbons (Fsp3) is 0.632. The summed E-state index contributed by atoms with van der Waals surface area (Å²) in [7, 11) is -7.66. The van der Waals surface area contributed by atoms with Crippen molar-refractivity contribution in [2.75, 3.05) is 75.2 Å². The highest BCUT2D eigenvalue weighted by Crippen LogP contribution is 2.34. The van der Waals surface area contributed by atoms with Crippen LogP contribution in [0.25, 0.3) is 0 Å². The molecule has 1 aromatic carbocycles. The number of carbonyl (C=O) groups is 1. The van der Waals surface area contributed by atoms with Gasteiger partial charge in [-0.2, -0.15) is 8.42 Å². The van der Waals surface area contributed by atoms with Crippen molar-refractivity contribution in [2.45, 2.75) is 11.8 Å². The number of hydrogen-bond acceptors (Lipinski definition) is 10. The van der Waals surface area contributed by atoms with Gasteiger partial charge in [0.1, 0.15) is 5.56 Å². The maximum Gasteiger partial charge on any atom is 0.283 e. The van der Waals surface area contributed by atoms with Crippen LogP contribution in [0.1, 0.15) is 17.3 Å². The molecule has 1 aliphatic heterocycles. The fourth-order valence-corrected chi connectivity index (χ4v) is 5.31. The molecule has 0 N–H and O–H groups in total. The van der Waals surface area contributed by atoms with Gasteiger partial charge in [-0.15, -0.1) is 0 Å². The Morgan fingerprint density at radius 3 is 2.24 bits per heavy atom. The van der Waals surface area contributed by atoms with Crippen LogP contribution < -0.4 is 4.90 Å². The van der Waals surface area contributed by atoms with E-state index in [1.165, 1.54) is 15.9 Å². The summed E-state index contributed by atoms with van der Waals surface area (Å²) >= 11 is 3.28. The van der Waals surface area contributed by atoms with Gasteiger partial charge in [0.05, 0.1) is 28.4 Å². The Balaban J connectivity index is 2.56. The van der Waals surface area contributed by atoms with Crippen LogP contribution in [0.3, 0.4) is 0 Å². The van der Waals surface area contributed by atoms with Crippen molar-refractivity contribution >= 4 is 53.2 Å². The van der Waals surface area contributed by atoms with E-state index >= 15 is 0 Å². The molecule has 1 fully saturated rings. The van der Waals surface area contributed by atoms with Crippen LogP contribution in [0.15, 0.2) is 17.0 Å². The van der Waals surface area contributed by atoms with Gasteiger partial charge < -0.3 is 14.7 Å². The molecule has 0 atom stereocenters. The van der Waals surface area contributed by atoms with Crippen molar-refractivity contribution in [2.24, 2.45) is 0 Å². The van der Waals surface area contributed by atoms with E-state index in [2.05, 4.69) is 20.8 Å². The summed E-state index contributed by atoms with van der Waals surface area (Å²) in [5, 5.41) is 12.2. The maximum absolute atomic E-state index is 13.3. The zero-order valence-corrected chi connectivity index (χ0v) is 22.5. The Hall–Kier alpha value is -1.81. The van der Waals surface area contributed by atoms with Gasteiger partial charge in [-0.3, -0.25) is 19.1 Å². The molecule has 15 heteroatoms. The molecule has 0 bridgehead atoms. The Bertz CT molecular complexity index is 1120. The summed E-state index contributed by atoms with van der Waals surface area (Å²) in [6.07, 6.45) is 1.81. The number of hydrogen-bond donors (Lipinski definition) is 0. The molecular weight excluding hydrogens is 556 g/mol. The first kappa shape index (κ1) is 28.4. The number of nitro groups is 1. The first-order valence-electron chi connectivity index (χ1n) is 10.5. The summed E-state index contributed by atoms with van der Waals surface area (Å²) in [6, 6.07) is 2.12. The van der Waals surface area contributed by atoms with Gasteiger partial charge in [-0.25, -0.2) is 8.42 Å². The lowest BCUT2D eigenvalue weighted by atomic mass is 10.1. The molecular formula is C19H29BrN4O8S2. The highest BCUT2D eigenvalue weighted by molar-refractivity contribution is 9.09. The predicted molar refractivity (Wildman–Crippen MR) is 131 cm³/mol. The molecule has 1 heterocycles. The second-order valence-corrected chi connectivity index (χ2v) is 12.2. The third-order valence-corrected chi connectivity index (χ3v) is 7.44. The number of nitrogens with zero attached hydrogens (tertiary/aromatic N) is 4. The Labute approximate surface area is 208 Å². The summed E-state index contributed by atoms with van der Waals surface area (Å²) in [5.74, 6) is -0.560. The lowest BCUT2D eigenvalue weighted by Crippen LogP contribution is -2.48. The van der Waals surface area contributed by atoms with E-state index in [1.807, 2.05) is 6.92 Å². The lowest BCUT2D eigenvalue weighted by Gasteiger charge is -2.34. The van der Waals surface area contributed by atoms with Crippen molar-refractivity contribution in [3.05, 3.63) is 27.8 Å². The van der Waals surface area contributed by atoms with E-state index in [0.717, 1.165) is 25.1 Å². The molecule has 2 rings (SSSR count). The fourth-order valence-electron chi connectivity index (χ4n) is 3.62. The quantitative estimate of drug-likeness (QED) is 0.159. The SMILES string of the molecule is CCN1CCN(C(=O)c2cc(N(CCBr)CCOS(C)(=O)=O)c(S(C)(=O)=O)cc2[N+](=O)[O-])CC1. The molecule has 1 saturated heterocycles. The number of amides is 1. The molecule has 1 aromatic rings. The minimum Gasteiger partial charge on any atom is -0.367 e. The first-order valence-corrected chi connectivity index (χ1v) is 15.3. The van der Waals surface area contributed by atoms with Crippen molar-refractivity contribution in [1.82, 2.24) is 9.80 Å². The highest BCUT2D eigenvalue weighted by Gasteiger charge is 2.32. The summed E-state index contributed by atoms with van der Waals surface area (Å²) in [5.41, 5.74) is -0.751. The highest BCUT2D eigenvalue weighted by atomic mass is 79.9. The molecule has 12 nitrogen and oxygen atoms in total. The lowest BCUT2D eigenvalue weighted by molar-refractivity contribution is -0.385. The van der Waals surface area contributed by atoms with Crippen molar-refractivity contribution < 1.29 is 30.7 Å². The van der Waals surface area contributed by atoms with E-state index in [-0.39, 0.29) is 35.8 Å². The van der Waals surface area contributed by atoms with Crippen LogP contribution in [0.2, 0.25) is 0 Å². The number of piperazine rings is 1. The Morgan fingerprint density at radius 1 is 1.15 bits per heavy atom. The first-order chi connectivity index (χ1) is 15.8. The Kier molecular flexibility index (Phi) is 9.82. The van der Waals surface area contributed by atoms with Gasteiger partial charge in [0.2, 0.25) is 0 Å². The largest absolute Gasteiger partial charge is 0.367 e. The Morgan fingerprint density at radius 2 is 1.76 bits per heavy atom. The molecule has 1 amide bonds. The standard InChI is InChI=1S/C19H29BrN4O8S2/c1-4-21-7-9-23(10-8-21)19(25)15-13-17(18(33(2,28)29)14-16(15)24(26)27)22(6-5-20)11-12-32-34(3,30)31/h13-14H,4-12H2,1-3H3. The summed E-state index contributed by atoms with van der Waals surface area (Å²) < 4.78 is 52.5. The number of carbonyl (C=O) groups excluding carboxylic acids is 1. The molecule has 1 aliphatic rings. The molecule has 192 valence electrons. The van der Waals surface area contributed by atoms with Crippen molar-refractivity contribution in [3.63, 3.8) is 0 Å². The average molecular weight is 585 g/mol. The number of rotatable bonds is 11. The summed E-state index contributed by atoms with van der Waals surface area (Å²) in [6.45, 7) is 4.80. The van der Waals surface area contributed by atoms with Gasteiger partial charge in [-0.1, -0.05) is 22.9 Å². The number of halogens is 1. The number of anilines is 1. The predicted octanol–water partition coefficient (Wildman–Crippen LogP) is 0.954. The molecule has 0 unspecified atom stereocenters. The molecule has 0 spiro atoms. The monoisotopic (exact) mass is 584 g/mol. The van der Waals surface area contributed by atoms with E-state index in [4.69, 9.17) is 4.18 Å². The number of sulfone groups is 1. The van der Waals surface area contributed by atoms with Gasteiger partial charge in [0.15, 0.2) is 9.84 Å². The van der Waals surface area contributed by atoms with Crippen LogP contribution in [0.5, 0.6) is 0 Å². The van der Waals surface area contributed by atoms with E-state index in [1.54, 1.807) is 0 Å². The van der Waals surface area contributed by atoms with Gasteiger partial charge in [0.25, 0.3) is 21.7 Å². The molecule has 34 heavy (non-hydrogen) atoms. The van der Waals surface area contributed by atoms with Crippen molar-refractivity contribution in [1.29, 1.82) is 0 Å². The van der Waals surface area contributed by atoms with Gasteiger partial charge in [0, 0.05) is 56.9 Å². The summed E-state index contributed by atoms with van der Waals surface area (Å²) in [4.78, 5) is 29.2. The van der Waals surface area contributed by atoms with Crippen LogP contribution in [-0.4, -0.2) is 108 Å². The van der Waals surface area contributed by atoms with Crippen LogP contribution >= 0.6 is 15.9 Å². The van der Waals surface area contributed by atoms with E-state index in [0.29, 0.717) is 31.5 Å². The van der Waals surface area contributed by atoms with Crippen molar-refractivity contribution in [3.8, 4) is 0 Å². The van der Waals surface area contributed by atoms with Crippen LogP contribution in [-0.2, 0) is 24.1 Å². The second kappa shape index (κ2) is 11.7. The topological polar surface area (TPSA) is 147 Å². The normalized spacial score (nSPS) is 15.4.